The highest BCUT2D eigenvalue weighted by Crippen LogP contribution is 2.21. The summed E-state index contributed by atoms with van der Waals surface area (Å²) in [5.74, 6) is 0.496. The molecule has 0 aromatic heterocycles. The fraction of sp³-hybridized carbons (Fsp3) is 0.278. The molecule has 0 heterocycles. The second-order valence-electron chi connectivity index (χ2n) is 5.20. The Kier molecular flexibility index (Phi) is 4.57. The Labute approximate surface area is 120 Å². The molecule has 2 aromatic carbocycles. The number of hydrogen-bond acceptors (Lipinski definition) is 1. The lowest BCUT2D eigenvalue weighted by molar-refractivity contribution is 0.102. The molecule has 20 heavy (non-hydrogen) atoms. The van der Waals surface area contributed by atoms with Crippen molar-refractivity contribution in [1.82, 2.24) is 0 Å². The monoisotopic (exact) mass is 267 g/mol. The first-order valence-electron chi connectivity index (χ1n) is 7.08. The van der Waals surface area contributed by atoms with Crippen LogP contribution in [0.2, 0.25) is 0 Å². The molecule has 1 atom stereocenters. The zero-order chi connectivity index (χ0) is 14.5. The highest BCUT2D eigenvalue weighted by Gasteiger charge is 2.09. The minimum atomic E-state index is -0.0561. The number of amides is 1. The SMILES string of the molecule is CCC(C)c1ccc(NC(=O)c2ccccc2C)cc1. The van der Waals surface area contributed by atoms with Crippen molar-refractivity contribution in [2.45, 2.75) is 33.1 Å². The van der Waals surface area contributed by atoms with E-state index in [-0.39, 0.29) is 5.91 Å². The average molecular weight is 267 g/mol. The van der Waals surface area contributed by atoms with Gasteiger partial charge in [0, 0.05) is 11.3 Å². The van der Waals surface area contributed by atoms with Crippen LogP contribution in [0.15, 0.2) is 48.5 Å². The molecule has 0 saturated carbocycles. The van der Waals surface area contributed by atoms with Crippen molar-refractivity contribution in [1.29, 1.82) is 0 Å². The first kappa shape index (κ1) is 14.3. The van der Waals surface area contributed by atoms with Gasteiger partial charge in [0.1, 0.15) is 0 Å². The van der Waals surface area contributed by atoms with Gasteiger partial charge in [-0.15, -0.1) is 0 Å². The van der Waals surface area contributed by atoms with E-state index in [0.29, 0.717) is 5.92 Å². The first-order valence-corrected chi connectivity index (χ1v) is 7.08. The molecular weight excluding hydrogens is 246 g/mol. The second kappa shape index (κ2) is 6.38. The van der Waals surface area contributed by atoms with Gasteiger partial charge in [-0.1, -0.05) is 44.2 Å². The summed E-state index contributed by atoms with van der Waals surface area (Å²) < 4.78 is 0. The van der Waals surface area contributed by atoms with Gasteiger partial charge in [-0.05, 0) is 48.6 Å². The molecule has 1 unspecified atom stereocenters. The van der Waals surface area contributed by atoms with Gasteiger partial charge in [-0.25, -0.2) is 0 Å². The number of carbonyl (C=O) groups excluding carboxylic acids is 1. The van der Waals surface area contributed by atoms with Crippen LogP contribution in [-0.2, 0) is 0 Å². The number of benzene rings is 2. The summed E-state index contributed by atoms with van der Waals surface area (Å²) in [6.45, 7) is 6.33. The predicted octanol–water partition coefficient (Wildman–Crippen LogP) is 4.76. The predicted molar refractivity (Wildman–Crippen MR) is 84.3 cm³/mol. The van der Waals surface area contributed by atoms with Crippen LogP contribution in [0.4, 0.5) is 5.69 Å². The second-order valence-corrected chi connectivity index (χ2v) is 5.20. The third-order valence-corrected chi connectivity index (χ3v) is 3.74. The molecular formula is C18H21NO. The van der Waals surface area contributed by atoms with Crippen LogP contribution in [-0.4, -0.2) is 5.91 Å². The first-order chi connectivity index (χ1) is 9.61. The lowest BCUT2D eigenvalue weighted by Crippen LogP contribution is -2.13. The zero-order valence-electron chi connectivity index (χ0n) is 12.3. The standard InChI is InChI=1S/C18H21NO/c1-4-13(2)15-9-11-16(12-10-15)19-18(20)17-8-6-5-7-14(17)3/h5-13H,4H2,1-3H3,(H,19,20). The Balaban J connectivity index is 2.11. The number of rotatable bonds is 4. The average Bonchev–Trinajstić information content (AvgIpc) is 2.47. The maximum absolute atomic E-state index is 12.2. The third-order valence-electron chi connectivity index (χ3n) is 3.74. The van der Waals surface area contributed by atoms with E-state index in [4.69, 9.17) is 0 Å². The van der Waals surface area contributed by atoms with Gasteiger partial charge in [0.2, 0.25) is 0 Å². The molecule has 0 bridgehead atoms. The van der Waals surface area contributed by atoms with Gasteiger partial charge in [-0.3, -0.25) is 4.79 Å². The van der Waals surface area contributed by atoms with Gasteiger partial charge in [0.25, 0.3) is 5.91 Å². The summed E-state index contributed by atoms with van der Waals surface area (Å²) in [6.07, 6.45) is 1.12. The maximum Gasteiger partial charge on any atom is 0.255 e. The van der Waals surface area contributed by atoms with E-state index >= 15 is 0 Å². The van der Waals surface area contributed by atoms with Gasteiger partial charge in [-0.2, -0.15) is 0 Å². The van der Waals surface area contributed by atoms with Crippen molar-refractivity contribution in [2.24, 2.45) is 0 Å². The number of anilines is 1. The third kappa shape index (κ3) is 3.27. The highest BCUT2D eigenvalue weighted by molar-refractivity contribution is 6.05. The molecule has 104 valence electrons. The topological polar surface area (TPSA) is 29.1 Å². The Hall–Kier alpha value is -2.09. The van der Waals surface area contributed by atoms with Crippen molar-refractivity contribution in [3.05, 3.63) is 65.2 Å². The molecule has 0 aliphatic heterocycles. The maximum atomic E-state index is 12.2. The molecule has 2 heteroatoms. The molecule has 0 spiro atoms. The Morgan fingerprint density at radius 1 is 1.10 bits per heavy atom. The van der Waals surface area contributed by atoms with E-state index in [2.05, 4.69) is 31.3 Å². The van der Waals surface area contributed by atoms with Crippen LogP contribution in [0.5, 0.6) is 0 Å². The summed E-state index contributed by atoms with van der Waals surface area (Å²) in [7, 11) is 0. The summed E-state index contributed by atoms with van der Waals surface area (Å²) >= 11 is 0. The van der Waals surface area contributed by atoms with Crippen molar-refractivity contribution >= 4 is 11.6 Å². The fourth-order valence-electron chi connectivity index (χ4n) is 2.16. The number of carbonyl (C=O) groups is 1. The largest absolute Gasteiger partial charge is 0.322 e. The van der Waals surface area contributed by atoms with Crippen LogP contribution < -0.4 is 5.32 Å². The van der Waals surface area contributed by atoms with Crippen molar-refractivity contribution in [3.63, 3.8) is 0 Å². The van der Waals surface area contributed by atoms with Crippen molar-refractivity contribution in [2.75, 3.05) is 5.32 Å². The van der Waals surface area contributed by atoms with E-state index < -0.39 is 0 Å². The molecule has 1 N–H and O–H groups in total. The summed E-state index contributed by atoms with van der Waals surface area (Å²) in [6, 6.07) is 15.7. The minimum Gasteiger partial charge on any atom is -0.322 e. The lowest BCUT2D eigenvalue weighted by Gasteiger charge is -2.11. The molecule has 2 aromatic rings. The number of hydrogen-bond donors (Lipinski definition) is 1. The van der Waals surface area contributed by atoms with Crippen LogP contribution >= 0.6 is 0 Å². The smallest absolute Gasteiger partial charge is 0.255 e. The molecule has 1 amide bonds. The van der Waals surface area contributed by atoms with Crippen molar-refractivity contribution < 1.29 is 4.79 Å². The molecule has 2 rings (SSSR count). The lowest BCUT2D eigenvalue weighted by atomic mass is 9.98. The Bertz CT molecular complexity index is 587. The Morgan fingerprint density at radius 2 is 1.75 bits per heavy atom. The van der Waals surface area contributed by atoms with E-state index in [9.17, 15) is 4.79 Å². The summed E-state index contributed by atoms with van der Waals surface area (Å²) in [5, 5.41) is 2.94. The minimum absolute atomic E-state index is 0.0561. The molecule has 0 aliphatic rings. The number of aryl methyl sites for hydroxylation is 1. The zero-order valence-corrected chi connectivity index (χ0v) is 12.3. The van der Waals surface area contributed by atoms with Gasteiger partial charge in [0.05, 0.1) is 0 Å². The summed E-state index contributed by atoms with van der Waals surface area (Å²) in [5.41, 5.74) is 3.85. The molecule has 0 radical (unpaired) electrons. The van der Waals surface area contributed by atoms with E-state index in [1.807, 2.05) is 43.3 Å². The van der Waals surface area contributed by atoms with E-state index in [1.54, 1.807) is 0 Å². The van der Waals surface area contributed by atoms with Gasteiger partial charge >= 0.3 is 0 Å². The molecule has 0 saturated heterocycles. The quantitative estimate of drug-likeness (QED) is 0.850. The fourth-order valence-corrected chi connectivity index (χ4v) is 2.16. The van der Waals surface area contributed by atoms with Crippen LogP contribution in [0.3, 0.4) is 0 Å². The molecule has 0 aliphatic carbocycles. The summed E-state index contributed by atoms with van der Waals surface area (Å²) in [4.78, 5) is 12.2. The van der Waals surface area contributed by atoms with Gasteiger partial charge < -0.3 is 5.32 Å². The van der Waals surface area contributed by atoms with Crippen LogP contribution in [0.1, 0.15) is 47.7 Å². The van der Waals surface area contributed by atoms with E-state index in [0.717, 1.165) is 23.2 Å². The number of nitrogens with one attached hydrogen (secondary N) is 1. The Morgan fingerprint density at radius 3 is 2.35 bits per heavy atom. The van der Waals surface area contributed by atoms with E-state index in [1.165, 1.54) is 5.56 Å². The highest BCUT2D eigenvalue weighted by atomic mass is 16.1. The molecule has 0 fully saturated rings. The molecule has 2 nitrogen and oxygen atoms in total. The van der Waals surface area contributed by atoms with Crippen LogP contribution in [0, 0.1) is 6.92 Å². The van der Waals surface area contributed by atoms with Crippen LogP contribution in [0.25, 0.3) is 0 Å². The van der Waals surface area contributed by atoms with Gasteiger partial charge in [0.15, 0.2) is 0 Å². The van der Waals surface area contributed by atoms with Crippen molar-refractivity contribution in [3.8, 4) is 0 Å². The normalized spacial score (nSPS) is 11.9.